The Morgan fingerprint density at radius 2 is 2.05 bits per heavy atom. The summed E-state index contributed by atoms with van der Waals surface area (Å²) in [6.45, 7) is 0. The number of amides is 1. The number of nitrogens with two attached hydrogens (primary N) is 1. The van der Waals surface area contributed by atoms with Crippen molar-refractivity contribution < 1.29 is 14.4 Å². The zero-order valence-electron chi connectivity index (χ0n) is 11.4. The highest BCUT2D eigenvalue weighted by molar-refractivity contribution is 6.34. The van der Waals surface area contributed by atoms with Crippen molar-refractivity contribution in [2.75, 3.05) is 5.32 Å². The highest BCUT2D eigenvalue weighted by atomic mass is 35.5. The predicted molar refractivity (Wildman–Crippen MR) is 79.0 cm³/mol. The van der Waals surface area contributed by atoms with Gasteiger partial charge in [-0.1, -0.05) is 42.1 Å². The number of nitrogens with one attached hydrogen (secondary N) is 1. The Morgan fingerprint density at radius 1 is 1.38 bits per heavy atom. The number of oxime groups is 1. The van der Waals surface area contributed by atoms with Gasteiger partial charge in [0.15, 0.2) is 5.84 Å². The smallest absolute Gasteiger partial charge is 0.238 e. The summed E-state index contributed by atoms with van der Waals surface area (Å²) in [5.41, 5.74) is 4.53. The molecular formula is C14H17ClFN3O2. The standard InChI is InChI=1S/C14H17ClFN3O2/c15-9-5-4-6-10(16)11(9)18-13(20)14(12(17)19-21)7-2-1-3-8-14/h4-6,21H,1-3,7-8H2,(H2,17,19)(H,18,20). The third-order valence-corrected chi connectivity index (χ3v) is 4.26. The SMILES string of the molecule is N/C(=N/O)C1(C(=O)Nc2c(F)cccc2Cl)CCCCC1. The minimum Gasteiger partial charge on any atom is -0.409 e. The lowest BCUT2D eigenvalue weighted by molar-refractivity contribution is -0.123. The zero-order valence-corrected chi connectivity index (χ0v) is 12.2. The van der Waals surface area contributed by atoms with Crippen LogP contribution in [-0.4, -0.2) is 17.0 Å². The van der Waals surface area contributed by atoms with Gasteiger partial charge in [-0.25, -0.2) is 4.39 Å². The van der Waals surface area contributed by atoms with Gasteiger partial charge < -0.3 is 16.3 Å². The summed E-state index contributed by atoms with van der Waals surface area (Å²) in [6, 6.07) is 4.14. The third-order valence-electron chi connectivity index (χ3n) is 3.94. The van der Waals surface area contributed by atoms with Crippen LogP contribution in [0, 0.1) is 11.2 Å². The molecule has 1 aromatic rings. The first-order valence-corrected chi connectivity index (χ1v) is 7.12. The predicted octanol–water partition coefficient (Wildman–Crippen LogP) is 3.11. The number of carbonyl (C=O) groups is 1. The molecule has 4 N–H and O–H groups in total. The Balaban J connectivity index is 2.32. The van der Waals surface area contributed by atoms with Crippen LogP contribution in [0.4, 0.5) is 10.1 Å². The lowest BCUT2D eigenvalue weighted by Crippen LogP contribution is -2.48. The fraction of sp³-hybridized carbons (Fsp3) is 0.429. The van der Waals surface area contributed by atoms with Crippen molar-refractivity contribution in [2.24, 2.45) is 16.3 Å². The van der Waals surface area contributed by atoms with Crippen molar-refractivity contribution in [1.29, 1.82) is 0 Å². The molecule has 2 rings (SSSR count). The molecule has 1 amide bonds. The molecule has 0 unspecified atom stereocenters. The molecule has 21 heavy (non-hydrogen) atoms. The van der Waals surface area contributed by atoms with E-state index in [1.54, 1.807) is 0 Å². The molecule has 0 aromatic heterocycles. The highest BCUT2D eigenvalue weighted by Crippen LogP contribution is 2.38. The summed E-state index contributed by atoms with van der Waals surface area (Å²) < 4.78 is 13.8. The van der Waals surface area contributed by atoms with Crippen molar-refractivity contribution >= 4 is 29.0 Å². The van der Waals surface area contributed by atoms with E-state index in [4.69, 9.17) is 22.5 Å². The number of carbonyl (C=O) groups excluding carboxylic acids is 1. The number of benzene rings is 1. The van der Waals surface area contributed by atoms with Crippen molar-refractivity contribution in [3.05, 3.63) is 29.0 Å². The number of para-hydroxylation sites is 1. The zero-order chi connectivity index (χ0) is 15.5. The number of hydrogen-bond acceptors (Lipinski definition) is 3. The number of anilines is 1. The molecule has 0 spiro atoms. The van der Waals surface area contributed by atoms with E-state index in [1.807, 2.05) is 0 Å². The van der Waals surface area contributed by atoms with Gasteiger partial charge in [0.2, 0.25) is 5.91 Å². The van der Waals surface area contributed by atoms with Gasteiger partial charge in [-0.15, -0.1) is 0 Å². The van der Waals surface area contributed by atoms with E-state index in [9.17, 15) is 9.18 Å². The maximum atomic E-state index is 13.8. The quantitative estimate of drug-likeness (QED) is 0.347. The van der Waals surface area contributed by atoms with E-state index >= 15 is 0 Å². The maximum Gasteiger partial charge on any atom is 0.238 e. The fourth-order valence-electron chi connectivity index (χ4n) is 2.70. The molecule has 5 nitrogen and oxygen atoms in total. The topological polar surface area (TPSA) is 87.7 Å². The number of rotatable bonds is 3. The average molecular weight is 314 g/mol. The first-order valence-electron chi connectivity index (χ1n) is 6.75. The molecule has 0 bridgehead atoms. The molecule has 7 heteroatoms. The van der Waals surface area contributed by atoms with E-state index in [0.29, 0.717) is 12.8 Å². The number of hydrogen-bond donors (Lipinski definition) is 3. The van der Waals surface area contributed by atoms with Gasteiger partial charge in [-0.3, -0.25) is 4.79 Å². The minimum absolute atomic E-state index is 0.0835. The Bertz CT molecular complexity index is 551. The molecule has 114 valence electrons. The number of halogens is 2. The molecule has 0 aliphatic heterocycles. The average Bonchev–Trinajstić information content (AvgIpc) is 2.50. The lowest BCUT2D eigenvalue weighted by atomic mass is 9.72. The fourth-order valence-corrected chi connectivity index (χ4v) is 2.91. The van der Waals surface area contributed by atoms with Gasteiger partial charge in [0.1, 0.15) is 11.2 Å². The van der Waals surface area contributed by atoms with Gasteiger partial charge >= 0.3 is 0 Å². The van der Waals surface area contributed by atoms with E-state index in [1.165, 1.54) is 18.2 Å². The second-order valence-corrected chi connectivity index (χ2v) is 5.59. The normalized spacial score (nSPS) is 18.3. The van der Waals surface area contributed by atoms with Gasteiger partial charge in [-0.2, -0.15) is 0 Å². The Labute approximate surface area is 127 Å². The van der Waals surface area contributed by atoms with Crippen molar-refractivity contribution in [1.82, 2.24) is 0 Å². The van der Waals surface area contributed by atoms with Crippen molar-refractivity contribution in [3.8, 4) is 0 Å². The monoisotopic (exact) mass is 313 g/mol. The van der Waals surface area contributed by atoms with Crippen LogP contribution in [0.3, 0.4) is 0 Å². The number of nitrogens with zero attached hydrogens (tertiary/aromatic N) is 1. The Kier molecular flexibility index (Phi) is 4.67. The van der Waals surface area contributed by atoms with E-state index in [-0.39, 0.29) is 16.5 Å². The summed E-state index contributed by atoms with van der Waals surface area (Å²) in [5, 5.41) is 14.5. The highest BCUT2D eigenvalue weighted by Gasteiger charge is 2.44. The molecule has 1 fully saturated rings. The van der Waals surface area contributed by atoms with Gasteiger partial charge in [0.25, 0.3) is 0 Å². The van der Waals surface area contributed by atoms with Crippen LogP contribution in [0.15, 0.2) is 23.4 Å². The first kappa shape index (κ1) is 15.6. The van der Waals surface area contributed by atoms with Crippen LogP contribution in [0.1, 0.15) is 32.1 Å². The summed E-state index contributed by atoms with van der Waals surface area (Å²) in [6.07, 6.45) is 3.47. The summed E-state index contributed by atoms with van der Waals surface area (Å²) in [4.78, 5) is 12.6. The van der Waals surface area contributed by atoms with E-state index in [0.717, 1.165) is 19.3 Å². The van der Waals surface area contributed by atoms with E-state index < -0.39 is 17.1 Å². The third kappa shape index (κ3) is 2.95. The van der Waals surface area contributed by atoms with Crippen LogP contribution >= 0.6 is 11.6 Å². The largest absolute Gasteiger partial charge is 0.409 e. The Morgan fingerprint density at radius 3 is 2.62 bits per heavy atom. The molecule has 0 radical (unpaired) electrons. The summed E-state index contributed by atoms with van der Waals surface area (Å²) in [7, 11) is 0. The molecule has 0 saturated heterocycles. The molecule has 1 saturated carbocycles. The molecule has 0 atom stereocenters. The van der Waals surface area contributed by atoms with E-state index in [2.05, 4.69) is 10.5 Å². The molecule has 1 aromatic carbocycles. The summed E-state index contributed by atoms with van der Waals surface area (Å²) >= 11 is 5.91. The molecular weight excluding hydrogens is 297 g/mol. The van der Waals surface area contributed by atoms with Crippen LogP contribution < -0.4 is 11.1 Å². The van der Waals surface area contributed by atoms with Crippen LogP contribution in [0.25, 0.3) is 0 Å². The molecule has 0 heterocycles. The number of amidine groups is 1. The van der Waals surface area contributed by atoms with Crippen molar-refractivity contribution in [2.45, 2.75) is 32.1 Å². The van der Waals surface area contributed by atoms with Crippen LogP contribution in [0.2, 0.25) is 5.02 Å². The van der Waals surface area contributed by atoms with Crippen molar-refractivity contribution in [3.63, 3.8) is 0 Å². The van der Waals surface area contributed by atoms with Gasteiger partial charge in [-0.05, 0) is 25.0 Å². The van der Waals surface area contributed by atoms with Gasteiger partial charge in [0, 0.05) is 0 Å². The minimum atomic E-state index is -1.11. The lowest BCUT2D eigenvalue weighted by Gasteiger charge is -2.34. The molecule has 1 aliphatic carbocycles. The van der Waals surface area contributed by atoms with Crippen LogP contribution in [0.5, 0.6) is 0 Å². The Hall–Kier alpha value is -1.82. The van der Waals surface area contributed by atoms with Crippen LogP contribution in [-0.2, 0) is 4.79 Å². The second-order valence-electron chi connectivity index (χ2n) is 5.18. The maximum absolute atomic E-state index is 13.8. The van der Waals surface area contributed by atoms with Gasteiger partial charge in [0.05, 0.1) is 10.7 Å². The first-order chi connectivity index (χ1) is 10.0. The second kappa shape index (κ2) is 6.30. The molecule has 1 aliphatic rings. The summed E-state index contributed by atoms with van der Waals surface area (Å²) in [5.74, 6) is -1.27.